The maximum atomic E-state index is 12.9. The summed E-state index contributed by atoms with van der Waals surface area (Å²) < 4.78 is 44.0. The Balaban J connectivity index is 2.01. The first-order chi connectivity index (χ1) is 10.8. The van der Waals surface area contributed by atoms with Crippen molar-refractivity contribution in [3.8, 4) is 5.75 Å². The van der Waals surface area contributed by atoms with Crippen molar-refractivity contribution in [1.29, 1.82) is 0 Å². The third-order valence-electron chi connectivity index (χ3n) is 3.82. The summed E-state index contributed by atoms with van der Waals surface area (Å²) in [4.78, 5) is 12.1. The Bertz CT molecular complexity index is 544. The molecule has 2 unspecified atom stereocenters. The number of aliphatic hydroxyl groups excluding tert-OH is 1. The second-order valence-electron chi connectivity index (χ2n) is 5.72. The van der Waals surface area contributed by atoms with Crippen LogP contribution in [0.1, 0.15) is 31.7 Å². The van der Waals surface area contributed by atoms with E-state index in [1.807, 2.05) is 0 Å². The first kappa shape index (κ1) is 17.6. The van der Waals surface area contributed by atoms with Crippen molar-refractivity contribution in [2.45, 2.75) is 44.5 Å². The van der Waals surface area contributed by atoms with Gasteiger partial charge in [-0.3, -0.25) is 4.79 Å². The quantitative estimate of drug-likeness (QED) is 0.808. The van der Waals surface area contributed by atoms with Crippen molar-refractivity contribution in [2.75, 3.05) is 6.61 Å². The summed E-state index contributed by atoms with van der Waals surface area (Å²) in [6.07, 6.45) is -3.20. The topological polar surface area (TPSA) is 58.6 Å². The van der Waals surface area contributed by atoms with Gasteiger partial charge in [0.2, 0.25) is 0 Å². The highest BCUT2D eigenvalue weighted by atomic mass is 19.4. The third-order valence-corrected chi connectivity index (χ3v) is 3.82. The summed E-state index contributed by atoms with van der Waals surface area (Å²) in [7, 11) is 0. The number of amides is 1. The van der Waals surface area contributed by atoms with Gasteiger partial charge in [-0.15, -0.1) is 0 Å². The second-order valence-corrected chi connectivity index (χ2v) is 5.72. The van der Waals surface area contributed by atoms with E-state index >= 15 is 0 Å². The van der Waals surface area contributed by atoms with Crippen molar-refractivity contribution in [1.82, 2.24) is 5.32 Å². The first-order valence-corrected chi connectivity index (χ1v) is 7.57. The highest BCUT2D eigenvalue weighted by Gasteiger charge is 2.36. The Morgan fingerprint density at radius 2 is 2.04 bits per heavy atom. The van der Waals surface area contributed by atoms with E-state index in [1.165, 1.54) is 25.1 Å². The molecule has 1 aromatic carbocycles. The lowest BCUT2D eigenvalue weighted by Gasteiger charge is -2.22. The predicted molar refractivity (Wildman–Crippen MR) is 77.9 cm³/mol. The van der Waals surface area contributed by atoms with E-state index < -0.39 is 23.8 Å². The Labute approximate surface area is 132 Å². The number of carbonyl (C=O) groups excluding carboxylic acids is 1. The zero-order chi connectivity index (χ0) is 17.0. The zero-order valence-electron chi connectivity index (χ0n) is 12.8. The van der Waals surface area contributed by atoms with E-state index in [2.05, 4.69) is 5.32 Å². The van der Waals surface area contributed by atoms with Gasteiger partial charge in [-0.05, 0) is 44.2 Å². The summed E-state index contributed by atoms with van der Waals surface area (Å²) >= 11 is 0. The molecule has 1 saturated carbocycles. The van der Waals surface area contributed by atoms with Crippen molar-refractivity contribution in [3.63, 3.8) is 0 Å². The smallest absolute Gasteiger partial charge is 0.419 e. The van der Waals surface area contributed by atoms with Gasteiger partial charge in [0.1, 0.15) is 5.75 Å². The molecule has 0 spiro atoms. The van der Waals surface area contributed by atoms with Crippen LogP contribution >= 0.6 is 0 Å². The van der Waals surface area contributed by atoms with Crippen LogP contribution in [0.25, 0.3) is 0 Å². The number of ether oxygens (including phenoxy) is 1. The number of carbonyl (C=O) groups is 1. The van der Waals surface area contributed by atoms with Crippen molar-refractivity contribution in [3.05, 3.63) is 29.8 Å². The molecule has 0 aliphatic heterocycles. The molecule has 0 heterocycles. The van der Waals surface area contributed by atoms with Crippen LogP contribution in [0, 0.1) is 5.92 Å². The summed E-state index contributed by atoms with van der Waals surface area (Å²) in [5.74, 6) is -0.513. The molecule has 7 heteroatoms. The highest BCUT2D eigenvalue weighted by molar-refractivity contribution is 5.81. The Morgan fingerprint density at radius 1 is 1.39 bits per heavy atom. The van der Waals surface area contributed by atoms with E-state index in [4.69, 9.17) is 9.84 Å². The summed E-state index contributed by atoms with van der Waals surface area (Å²) in [6.45, 7) is 1.36. The van der Waals surface area contributed by atoms with Gasteiger partial charge >= 0.3 is 6.18 Å². The number of aliphatic hydroxyl groups is 1. The van der Waals surface area contributed by atoms with Crippen molar-refractivity contribution >= 4 is 5.91 Å². The van der Waals surface area contributed by atoms with Gasteiger partial charge in [0, 0.05) is 12.6 Å². The van der Waals surface area contributed by atoms with Gasteiger partial charge in [-0.2, -0.15) is 13.2 Å². The van der Waals surface area contributed by atoms with Crippen LogP contribution in [0.2, 0.25) is 0 Å². The molecule has 4 nitrogen and oxygen atoms in total. The molecule has 0 bridgehead atoms. The van der Waals surface area contributed by atoms with Crippen LogP contribution in [0.5, 0.6) is 5.75 Å². The standard InChI is InChI=1S/C16H20F3NO3/c1-10(15(22)20-13(8-9-21)11-6-7-11)23-14-5-3-2-4-12(14)16(17,18)19/h2-5,10-11,13,21H,6-9H2,1H3,(H,20,22). The molecular formula is C16H20F3NO3. The maximum absolute atomic E-state index is 12.9. The molecule has 2 N–H and O–H groups in total. The summed E-state index contributed by atoms with van der Waals surface area (Å²) in [5, 5.41) is 11.8. The average molecular weight is 331 g/mol. The van der Waals surface area contributed by atoms with Gasteiger partial charge in [0.05, 0.1) is 5.56 Å². The van der Waals surface area contributed by atoms with E-state index in [9.17, 15) is 18.0 Å². The zero-order valence-corrected chi connectivity index (χ0v) is 12.8. The molecule has 1 aliphatic carbocycles. The molecule has 2 rings (SSSR count). The van der Waals surface area contributed by atoms with E-state index in [-0.39, 0.29) is 18.4 Å². The Kier molecular flexibility index (Phi) is 5.51. The minimum Gasteiger partial charge on any atom is -0.480 e. The average Bonchev–Trinajstić information content (AvgIpc) is 3.30. The maximum Gasteiger partial charge on any atom is 0.419 e. The van der Waals surface area contributed by atoms with Gasteiger partial charge in [-0.25, -0.2) is 0 Å². The fourth-order valence-electron chi connectivity index (χ4n) is 2.41. The molecule has 1 fully saturated rings. The monoisotopic (exact) mass is 331 g/mol. The van der Waals surface area contributed by atoms with Gasteiger partial charge in [0.15, 0.2) is 6.10 Å². The first-order valence-electron chi connectivity index (χ1n) is 7.57. The lowest BCUT2D eigenvalue weighted by atomic mass is 10.1. The molecular weight excluding hydrogens is 311 g/mol. The SMILES string of the molecule is CC(Oc1ccccc1C(F)(F)F)C(=O)NC(CCO)C1CC1. The number of hydrogen-bond acceptors (Lipinski definition) is 3. The van der Waals surface area contributed by atoms with E-state index in [0.717, 1.165) is 18.9 Å². The minimum absolute atomic E-state index is 0.0480. The third kappa shape index (κ3) is 4.86. The molecule has 23 heavy (non-hydrogen) atoms. The normalized spacial score (nSPS) is 17.4. The second kappa shape index (κ2) is 7.21. The molecule has 2 atom stereocenters. The van der Waals surface area contributed by atoms with E-state index in [1.54, 1.807) is 0 Å². The number of rotatable bonds is 7. The van der Waals surface area contributed by atoms with Crippen LogP contribution in [-0.2, 0) is 11.0 Å². The Hall–Kier alpha value is -1.76. The minimum atomic E-state index is -4.54. The number of alkyl halides is 3. The molecule has 1 aliphatic rings. The fourth-order valence-corrected chi connectivity index (χ4v) is 2.41. The molecule has 0 aromatic heterocycles. The van der Waals surface area contributed by atoms with Crippen LogP contribution in [0.3, 0.4) is 0 Å². The number of nitrogens with one attached hydrogen (secondary N) is 1. The van der Waals surface area contributed by atoms with Crippen LogP contribution in [-0.4, -0.2) is 29.8 Å². The number of para-hydroxylation sites is 1. The van der Waals surface area contributed by atoms with Crippen LogP contribution < -0.4 is 10.1 Å². The van der Waals surface area contributed by atoms with Gasteiger partial charge in [0.25, 0.3) is 5.91 Å². The summed E-state index contributed by atoms with van der Waals surface area (Å²) in [6, 6.07) is 4.65. The molecule has 1 amide bonds. The lowest BCUT2D eigenvalue weighted by molar-refractivity contribution is -0.140. The van der Waals surface area contributed by atoms with E-state index in [0.29, 0.717) is 12.3 Å². The number of benzene rings is 1. The molecule has 0 radical (unpaired) electrons. The van der Waals surface area contributed by atoms with Crippen LogP contribution in [0.15, 0.2) is 24.3 Å². The molecule has 1 aromatic rings. The number of hydrogen-bond donors (Lipinski definition) is 2. The predicted octanol–water partition coefficient (Wildman–Crippen LogP) is 2.75. The molecule has 128 valence electrons. The van der Waals surface area contributed by atoms with Crippen molar-refractivity contribution in [2.24, 2.45) is 5.92 Å². The fraction of sp³-hybridized carbons (Fsp3) is 0.562. The van der Waals surface area contributed by atoms with Crippen LogP contribution in [0.4, 0.5) is 13.2 Å². The van der Waals surface area contributed by atoms with Crippen molar-refractivity contribution < 1.29 is 27.8 Å². The largest absolute Gasteiger partial charge is 0.480 e. The van der Waals surface area contributed by atoms with Gasteiger partial charge in [-0.1, -0.05) is 12.1 Å². The highest BCUT2D eigenvalue weighted by Crippen LogP contribution is 2.36. The van der Waals surface area contributed by atoms with Gasteiger partial charge < -0.3 is 15.2 Å². The lowest BCUT2D eigenvalue weighted by Crippen LogP contribution is -2.44. The summed E-state index contributed by atoms with van der Waals surface area (Å²) in [5.41, 5.74) is -0.909. The number of halogens is 3. The molecule has 0 saturated heterocycles. The Morgan fingerprint density at radius 3 is 2.61 bits per heavy atom.